The van der Waals surface area contributed by atoms with E-state index in [9.17, 15) is 0 Å². The number of aliphatic hydroxyl groups excluding tert-OH is 1. The highest BCUT2D eigenvalue weighted by molar-refractivity contribution is 4.78. The molecule has 1 aliphatic rings. The summed E-state index contributed by atoms with van der Waals surface area (Å²) in [5.74, 6) is 0. The van der Waals surface area contributed by atoms with Gasteiger partial charge in [0, 0.05) is 6.54 Å². The molecule has 0 aromatic rings. The van der Waals surface area contributed by atoms with Gasteiger partial charge in [-0.2, -0.15) is 0 Å². The van der Waals surface area contributed by atoms with Gasteiger partial charge in [0.1, 0.15) is 6.10 Å². The molecule has 0 aromatic carbocycles. The molecule has 3 N–H and O–H groups in total. The average molecular weight is 103 g/mol. The smallest absolute Gasteiger partial charge is 0.108 e. The fraction of sp³-hybridized carbons (Fsp3) is 1.00. The first-order valence-electron chi connectivity index (χ1n) is 2.34. The first-order chi connectivity index (χ1) is 3.34. The molecule has 1 aliphatic heterocycles. The van der Waals surface area contributed by atoms with E-state index in [4.69, 9.17) is 15.6 Å². The molecule has 1 rings (SSSR count). The van der Waals surface area contributed by atoms with Crippen molar-refractivity contribution in [2.45, 2.75) is 12.2 Å². The van der Waals surface area contributed by atoms with Crippen LogP contribution in [0.3, 0.4) is 0 Å². The second-order valence-corrected chi connectivity index (χ2v) is 1.67. The zero-order valence-corrected chi connectivity index (χ0v) is 4.00. The van der Waals surface area contributed by atoms with Gasteiger partial charge in [0.2, 0.25) is 0 Å². The van der Waals surface area contributed by atoms with Crippen LogP contribution in [0.5, 0.6) is 0 Å². The summed E-state index contributed by atoms with van der Waals surface area (Å²) in [4.78, 5) is 0. The minimum atomic E-state index is -0.431. The first-order valence-corrected chi connectivity index (χ1v) is 2.34. The van der Waals surface area contributed by atoms with E-state index in [1.54, 1.807) is 0 Å². The lowest BCUT2D eigenvalue weighted by molar-refractivity contribution is 0.142. The van der Waals surface area contributed by atoms with E-state index in [2.05, 4.69) is 0 Å². The van der Waals surface area contributed by atoms with Crippen molar-refractivity contribution >= 4 is 0 Å². The number of epoxide rings is 1. The fourth-order valence-electron chi connectivity index (χ4n) is 0.429. The summed E-state index contributed by atoms with van der Waals surface area (Å²) in [6.07, 6.45) is -0.384. The van der Waals surface area contributed by atoms with Crippen molar-refractivity contribution in [1.82, 2.24) is 0 Å². The highest BCUT2D eigenvalue weighted by Gasteiger charge is 2.29. The molecule has 0 aliphatic carbocycles. The minimum Gasteiger partial charge on any atom is -0.389 e. The van der Waals surface area contributed by atoms with Crippen LogP contribution < -0.4 is 5.73 Å². The summed E-state index contributed by atoms with van der Waals surface area (Å²) in [7, 11) is 0. The van der Waals surface area contributed by atoms with Crippen molar-refractivity contribution in [3.63, 3.8) is 0 Å². The van der Waals surface area contributed by atoms with Crippen molar-refractivity contribution in [2.24, 2.45) is 5.73 Å². The molecule has 42 valence electrons. The third-order valence-corrected chi connectivity index (χ3v) is 1.03. The van der Waals surface area contributed by atoms with Crippen molar-refractivity contribution < 1.29 is 9.84 Å². The Labute approximate surface area is 42.1 Å². The second-order valence-electron chi connectivity index (χ2n) is 1.67. The molecule has 2 unspecified atom stereocenters. The van der Waals surface area contributed by atoms with Gasteiger partial charge in [0.05, 0.1) is 12.7 Å². The molecule has 0 amide bonds. The van der Waals surface area contributed by atoms with Gasteiger partial charge < -0.3 is 15.6 Å². The highest BCUT2D eigenvalue weighted by Crippen LogP contribution is 2.11. The summed E-state index contributed by atoms with van der Waals surface area (Å²) >= 11 is 0. The normalized spacial score (nSPS) is 32.6. The summed E-state index contributed by atoms with van der Waals surface area (Å²) < 4.78 is 4.73. The van der Waals surface area contributed by atoms with Crippen LogP contribution in [0, 0.1) is 0 Å². The Bertz CT molecular complexity index is 62.7. The van der Waals surface area contributed by atoms with Gasteiger partial charge in [0.15, 0.2) is 0 Å². The van der Waals surface area contributed by atoms with E-state index in [-0.39, 0.29) is 6.10 Å². The number of nitrogens with two attached hydrogens (primary N) is 1. The van der Waals surface area contributed by atoms with Gasteiger partial charge in [-0.25, -0.2) is 0 Å². The Morgan fingerprint density at radius 1 is 2.00 bits per heavy atom. The van der Waals surface area contributed by atoms with E-state index in [1.807, 2.05) is 0 Å². The molecule has 0 spiro atoms. The monoisotopic (exact) mass is 103 g/mol. The Morgan fingerprint density at radius 3 is 2.71 bits per heavy atom. The predicted octanol–water partition coefficient (Wildman–Crippen LogP) is -1.30. The molecule has 0 aromatic heterocycles. The third kappa shape index (κ3) is 1.12. The van der Waals surface area contributed by atoms with Gasteiger partial charge in [-0.05, 0) is 0 Å². The maximum absolute atomic E-state index is 8.75. The summed E-state index contributed by atoms with van der Waals surface area (Å²) in [6.45, 7) is 0.989. The van der Waals surface area contributed by atoms with E-state index in [0.717, 1.165) is 0 Å². The van der Waals surface area contributed by atoms with Crippen LogP contribution in [0.2, 0.25) is 0 Å². The molecular weight excluding hydrogens is 94.0 g/mol. The van der Waals surface area contributed by atoms with Crippen molar-refractivity contribution in [3.8, 4) is 0 Å². The molecule has 0 saturated carbocycles. The van der Waals surface area contributed by atoms with Crippen LogP contribution in [-0.4, -0.2) is 30.5 Å². The fourth-order valence-corrected chi connectivity index (χ4v) is 0.429. The van der Waals surface area contributed by atoms with Crippen LogP contribution in [0.25, 0.3) is 0 Å². The zero-order valence-electron chi connectivity index (χ0n) is 4.00. The van der Waals surface area contributed by atoms with Crippen LogP contribution in [0.15, 0.2) is 0 Å². The van der Waals surface area contributed by atoms with Gasteiger partial charge in [-0.3, -0.25) is 0 Å². The molecule has 1 fully saturated rings. The maximum Gasteiger partial charge on any atom is 0.108 e. The minimum absolute atomic E-state index is 0.0463. The van der Waals surface area contributed by atoms with E-state index in [0.29, 0.717) is 13.2 Å². The summed E-state index contributed by atoms with van der Waals surface area (Å²) in [5.41, 5.74) is 5.08. The molecule has 0 bridgehead atoms. The van der Waals surface area contributed by atoms with Crippen LogP contribution in [0.4, 0.5) is 0 Å². The Morgan fingerprint density at radius 2 is 2.57 bits per heavy atom. The average Bonchev–Trinajstić information content (AvgIpc) is 2.44. The Hall–Kier alpha value is -0.120. The van der Waals surface area contributed by atoms with Gasteiger partial charge in [-0.1, -0.05) is 0 Å². The molecule has 1 heterocycles. The van der Waals surface area contributed by atoms with E-state index in [1.165, 1.54) is 0 Å². The van der Waals surface area contributed by atoms with Crippen molar-refractivity contribution in [2.75, 3.05) is 13.2 Å². The van der Waals surface area contributed by atoms with E-state index < -0.39 is 6.10 Å². The lowest BCUT2D eigenvalue weighted by Crippen LogP contribution is -2.25. The van der Waals surface area contributed by atoms with Crippen molar-refractivity contribution in [1.29, 1.82) is 0 Å². The molecule has 1 saturated heterocycles. The van der Waals surface area contributed by atoms with E-state index >= 15 is 0 Å². The van der Waals surface area contributed by atoms with Gasteiger partial charge in [-0.15, -0.1) is 0 Å². The number of hydrogen-bond donors (Lipinski definition) is 2. The van der Waals surface area contributed by atoms with Crippen LogP contribution in [0.1, 0.15) is 0 Å². The number of aliphatic hydroxyl groups is 1. The third-order valence-electron chi connectivity index (χ3n) is 1.03. The largest absolute Gasteiger partial charge is 0.389 e. The first kappa shape index (κ1) is 5.03. The molecule has 0 radical (unpaired) electrons. The molecular formula is C4H9NO2. The molecule has 3 heteroatoms. The van der Waals surface area contributed by atoms with Gasteiger partial charge >= 0.3 is 0 Å². The zero-order chi connectivity index (χ0) is 5.28. The van der Waals surface area contributed by atoms with Crippen molar-refractivity contribution in [3.05, 3.63) is 0 Å². The lowest BCUT2D eigenvalue weighted by Gasteiger charge is -1.98. The second kappa shape index (κ2) is 1.78. The Kier molecular flexibility index (Phi) is 1.27. The van der Waals surface area contributed by atoms with Crippen LogP contribution >= 0.6 is 0 Å². The SMILES string of the molecule is NCC(O)C1CO1. The molecule has 7 heavy (non-hydrogen) atoms. The highest BCUT2D eigenvalue weighted by atomic mass is 16.6. The molecule has 2 atom stereocenters. The number of rotatable bonds is 2. The van der Waals surface area contributed by atoms with Gasteiger partial charge in [0.25, 0.3) is 0 Å². The topological polar surface area (TPSA) is 58.8 Å². The lowest BCUT2D eigenvalue weighted by atomic mass is 10.3. The summed E-state index contributed by atoms with van der Waals surface area (Å²) in [6, 6.07) is 0. The Balaban J connectivity index is 2.10. The standard InChI is InChI=1S/C4H9NO2/c5-1-3(6)4-2-7-4/h3-4,6H,1-2,5H2. The summed E-state index contributed by atoms with van der Waals surface area (Å²) in [5, 5.41) is 8.75. The number of hydrogen-bond acceptors (Lipinski definition) is 3. The predicted molar refractivity (Wildman–Crippen MR) is 24.8 cm³/mol. The number of ether oxygens (including phenoxy) is 1. The maximum atomic E-state index is 8.75. The van der Waals surface area contributed by atoms with Crippen LogP contribution in [-0.2, 0) is 4.74 Å². The quantitative estimate of drug-likeness (QED) is 0.427. The molecule has 3 nitrogen and oxygen atoms in total.